The van der Waals surface area contributed by atoms with Crippen molar-refractivity contribution in [2.24, 2.45) is 0 Å². The second kappa shape index (κ2) is 67.8. The number of nitrogens with zero attached hydrogens (tertiary/aromatic N) is 1. The van der Waals surface area contributed by atoms with E-state index in [0.29, 0.717) is 17.4 Å². The Morgan fingerprint density at radius 1 is 0.352 bits per heavy atom. The van der Waals surface area contributed by atoms with Gasteiger partial charge in [-0.3, -0.25) is 14.2 Å². The molecule has 0 saturated heterocycles. The highest BCUT2D eigenvalue weighted by Crippen LogP contribution is 2.38. The molecule has 0 heterocycles. The van der Waals surface area contributed by atoms with Gasteiger partial charge in [-0.1, -0.05) is 315 Å². The van der Waals surface area contributed by atoms with Crippen molar-refractivity contribution in [3.8, 4) is 0 Å². The molecule has 0 saturated carbocycles. The van der Waals surface area contributed by atoms with Crippen molar-refractivity contribution >= 4 is 19.8 Å². The number of rotatable bonds is 66. The van der Waals surface area contributed by atoms with Crippen LogP contribution in [0.25, 0.3) is 0 Å². The maximum Gasteiger partial charge on any atom is 0.306 e. The summed E-state index contributed by atoms with van der Waals surface area (Å²) < 4.78 is 34.3. The maximum atomic E-state index is 12.9. The summed E-state index contributed by atoms with van der Waals surface area (Å²) in [5.41, 5.74) is 0. The number of ether oxygens (including phenoxy) is 2. The number of hydrogen-bond donors (Lipinski definition) is 0. The van der Waals surface area contributed by atoms with E-state index in [4.69, 9.17) is 18.5 Å². The first-order valence-corrected chi connectivity index (χ1v) is 37.7. The van der Waals surface area contributed by atoms with Crippen LogP contribution in [-0.2, 0) is 32.7 Å². The first kappa shape index (κ1) is 84.4. The van der Waals surface area contributed by atoms with Crippen molar-refractivity contribution in [1.82, 2.24) is 0 Å². The molecule has 0 rings (SSSR count). The van der Waals surface area contributed by atoms with Crippen molar-refractivity contribution < 1.29 is 42.1 Å². The van der Waals surface area contributed by atoms with Crippen LogP contribution in [0.4, 0.5) is 0 Å². The van der Waals surface area contributed by atoms with Crippen molar-refractivity contribution in [2.45, 2.75) is 315 Å². The minimum Gasteiger partial charge on any atom is -0.756 e. The summed E-state index contributed by atoms with van der Waals surface area (Å²) in [6.07, 6.45) is 97.2. The topological polar surface area (TPSA) is 111 Å². The Labute approximate surface area is 543 Å². The third-order valence-corrected chi connectivity index (χ3v) is 16.4. The Kier molecular flexibility index (Phi) is 65.0. The molecule has 88 heavy (non-hydrogen) atoms. The SMILES string of the molecule is CC/C=C\C/C=C\C/C=C\C/C=C\C/C=C\C/C=C\CCCCCCCCCCCCCCCCCCCCCCC(=O)OC(COC(=O)CCCCCCCCCCCCCC/C=C\C/C=C\C/C=C\C/C=C\CC)COP(=O)([O-])OCC[N+](C)(C)C. The van der Waals surface area contributed by atoms with E-state index in [-0.39, 0.29) is 32.0 Å². The molecule has 506 valence electrons. The molecule has 2 atom stereocenters. The van der Waals surface area contributed by atoms with E-state index in [1.807, 2.05) is 21.1 Å². The average Bonchev–Trinajstić information content (AvgIpc) is 3.68. The Morgan fingerprint density at radius 3 is 0.909 bits per heavy atom. The molecule has 2 unspecified atom stereocenters. The van der Waals surface area contributed by atoms with Gasteiger partial charge in [-0.25, -0.2) is 0 Å². The first-order chi connectivity index (χ1) is 43.0. The Bertz CT molecular complexity index is 1900. The van der Waals surface area contributed by atoms with Crippen LogP contribution in [0.5, 0.6) is 0 Å². The molecule has 0 amide bonds. The molecular weight excluding hydrogens is 1110 g/mol. The number of carbonyl (C=O) groups excluding carboxylic acids is 2. The molecule has 0 N–H and O–H groups in total. The summed E-state index contributed by atoms with van der Waals surface area (Å²) in [7, 11) is 1.17. The number of unbranched alkanes of at least 4 members (excludes halogenated alkanes) is 32. The highest BCUT2D eigenvalue weighted by atomic mass is 31.2. The Balaban J connectivity index is 3.99. The van der Waals surface area contributed by atoms with Crippen LogP contribution in [0.1, 0.15) is 309 Å². The number of hydrogen-bond acceptors (Lipinski definition) is 8. The number of phosphoric ester groups is 1. The Hall–Kier alpha value is -3.59. The van der Waals surface area contributed by atoms with Gasteiger partial charge in [0.1, 0.15) is 19.8 Å². The fourth-order valence-electron chi connectivity index (χ4n) is 10.0. The van der Waals surface area contributed by atoms with Gasteiger partial charge in [-0.2, -0.15) is 0 Å². The zero-order valence-electron chi connectivity index (χ0n) is 57.6. The number of esters is 2. The van der Waals surface area contributed by atoms with Gasteiger partial charge in [0.2, 0.25) is 0 Å². The lowest BCUT2D eigenvalue weighted by atomic mass is 10.0. The molecule has 0 fully saturated rings. The summed E-state index contributed by atoms with van der Waals surface area (Å²) in [6, 6.07) is 0. The second-order valence-electron chi connectivity index (χ2n) is 25.2. The molecule has 0 aromatic heterocycles. The minimum absolute atomic E-state index is 0.0338. The van der Waals surface area contributed by atoms with Gasteiger partial charge in [0.25, 0.3) is 7.82 Å². The van der Waals surface area contributed by atoms with E-state index < -0.39 is 26.5 Å². The average molecular weight is 1250 g/mol. The lowest BCUT2D eigenvalue weighted by Crippen LogP contribution is -2.37. The van der Waals surface area contributed by atoms with Crippen LogP contribution in [0.15, 0.2) is 122 Å². The zero-order chi connectivity index (χ0) is 64.1. The van der Waals surface area contributed by atoms with E-state index in [2.05, 4.69) is 135 Å². The summed E-state index contributed by atoms with van der Waals surface area (Å²) in [4.78, 5) is 38.1. The molecule has 9 nitrogen and oxygen atoms in total. The lowest BCUT2D eigenvalue weighted by Gasteiger charge is -2.28. The van der Waals surface area contributed by atoms with Crippen LogP contribution in [0.3, 0.4) is 0 Å². The van der Waals surface area contributed by atoms with Gasteiger partial charge >= 0.3 is 11.9 Å². The second-order valence-corrected chi connectivity index (χ2v) is 26.6. The van der Waals surface area contributed by atoms with Crippen molar-refractivity contribution in [1.29, 1.82) is 0 Å². The quantitative estimate of drug-likeness (QED) is 0.0195. The van der Waals surface area contributed by atoms with E-state index in [9.17, 15) is 19.0 Å². The molecule has 0 aliphatic rings. The molecule has 0 aliphatic carbocycles. The van der Waals surface area contributed by atoms with Crippen LogP contribution < -0.4 is 4.89 Å². The molecule has 0 spiro atoms. The van der Waals surface area contributed by atoms with Gasteiger partial charge in [0, 0.05) is 12.8 Å². The third-order valence-electron chi connectivity index (χ3n) is 15.5. The fraction of sp³-hybridized carbons (Fsp3) is 0.718. The molecule has 0 radical (unpaired) electrons. The number of phosphoric acid groups is 1. The molecule has 10 heteroatoms. The van der Waals surface area contributed by atoms with Crippen LogP contribution in [0, 0.1) is 0 Å². The fourth-order valence-corrected chi connectivity index (χ4v) is 10.7. The van der Waals surface area contributed by atoms with Gasteiger partial charge in [0.05, 0.1) is 27.7 Å². The number of quaternary nitrogens is 1. The number of carbonyl (C=O) groups is 2. The predicted molar refractivity (Wildman–Crippen MR) is 378 cm³/mol. The highest BCUT2D eigenvalue weighted by molar-refractivity contribution is 7.45. The van der Waals surface area contributed by atoms with Crippen molar-refractivity contribution in [3.05, 3.63) is 122 Å². The third kappa shape index (κ3) is 71.5. The summed E-state index contributed by atoms with van der Waals surface area (Å²) in [5, 5.41) is 0. The van der Waals surface area contributed by atoms with Gasteiger partial charge in [-0.15, -0.1) is 0 Å². The van der Waals surface area contributed by atoms with Crippen LogP contribution >= 0.6 is 7.82 Å². The monoisotopic (exact) mass is 1250 g/mol. The zero-order valence-corrected chi connectivity index (χ0v) is 58.5. The molecular formula is C78H136NO8P. The van der Waals surface area contributed by atoms with E-state index in [0.717, 1.165) is 103 Å². The standard InChI is InChI=1S/C78H136NO8P/c1-6-8-10-12-14-16-18-20-22-24-26-28-30-32-33-34-35-36-37-38-39-40-41-42-43-44-45-47-49-51-53-55-57-59-61-63-65-67-69-71-78(81)87-76(75-86-88(82,83)85-73-72-79(3,4)5)74-84-77(80)70-68-66-64-62-60-58-56-54-52-50-48-46-31-29-27-25-23-21-19-17-15-13-11-9-7-2/h8-11,14-17,20-23,26-29,32-33,35-36,76H,6-7,12-13,18-19,24-25,30-31,34,37-75H2,1-5H3/b10-8-,11-9-,16-14-,17-15-,22-20-,23-21-,28-26-,29-27-,33-32-,36-35-. The van der Waals surface area contributed by atoms with Crippen LogP contribution in [-0.4, -0.2) is 70.0 Å². The predicted octanol–water partition coefficient (Wildman–Crippen LogP) is 23.2. The Morgan fingerprint density at radius 2 is 0.614 bits per heavy atom. The maximum absolute atomic E-state index is 12.9. The minimum atomic E-state index is -4.65. The van der Waals surface area contributed by atoms with E-state index >= 15 is 0 Å². The number of allylic oxidation sites excluding steroid dienone is 20. The van der Waals surface area contributed by atoms with Gasteiger partial charge in [-0.05, 0) is 103 Å². The number of likely N-dealkylation sites (N-methyl/N-ethyl adjacent to an activating group) is 1. The summed E-state index contributed by atoms with van der Waals surface area (Å²) in [6.45, 7) is 4.04. The largest absolute Gasteiger partial charge is 0.756 e. The normalized spacial score (nSPS) is 13.8. The lowest BCUT2D eigenvalue weighted by molar-refractivity contribution is -0.870. The van der Waals surface area contributed by atoms with E-state index in [1.165, 1.54) is 173 Å². The van der Waals surface area contributed by atoms with Crippen LogP contribution in [0.2, 0.25) is 0 Å². The first-order valence-electron chi connectivity index (χ1n) is 36.2. The van der Waals surface area contributed by atoms with Gasteiger partial charge in [0.15, 0.2) is 6.10 Å². The van der Waals surface area contributed by atoms with Crippen molar-refractivity contribution in [2.75, 3.05) is 47.5 Å². The molecule has 0 aromatic carbocycles. The highest BCUT2D eigenvalue weighted by Gasteiger charge is 2.22. The summed E-state index contributed by atoms with van der Waals surface area (Å²) >= 11 is 0. The van der Waals surface area contributed by atoms with Crippen molar-refractivity contribution in [3.63, 3.8) is 0 Å². The molecule has 0 aliphatic heterocycles. The molecule has 0 aromatic rings. The summed E-state index contributed by atoms with van der Waals surface area (Å²) in [5.74, 6) is -0.828. The van der Waals surface area contributed by atoms with Gasteiger partial charge < -0.3 is 27.9 Å². The van der Waals surface area contributed by atoms with E-state index in [1.54, 1.807) is 0 Å². The smallest absolute Gasteiger partial charge is 0.306 e. The molecule has 0 bridgehead atoms.